The maximum atomic E-state index is 5.53. The highest BCUT2D eigenvalue weighted by Crippen LogP contribution is 2.29. The van der Waals surface area contributed by atoms with Crippen LogP contribution in [0.5, 0.6) is 0 Å². The van der Waals surface area contributed by atoms with Crippen molar-refractivity contribution in [2.45, 2.75) is 19.3 Å². The Morgan fingerprint density at radius 1 is 1.58 bits per heavy atom. The summed E-state index contributed by atoms with van der Waals surface area (Å²) in [5.74, 6) is 1.47. The summed E-state index contributed by atoms with van der Waals surface area (Å²) in [4.78, 5) is 0. The molecule has 12 heavy (non-hydrogen) atoms. The van der Waals surface area contributed by atoms with E-state index in [0.29, 0.717) is 5.92 Å². The molecule has 0 saturated carbocycles. The summed E-state index contributed by atoms with van der Waals surface area (Å²) in [6.07, 6.45) is 0.967. The molecule has 0 saturated heterocycles. The quantitative estimate of drug-likeness (QED) is 0.684. The smallest absolute Gasteiger partial charge is 0.169 e. The van der Waals surface area contributed by atoms with Gasteiger partial charge in [-0.15, -0.1) is 0 Å². The minimum absolute atomic E-state index is 0.383. The summed E-state index contributed by atoms with van der Waals surface area (Å²) < 4.78 is 11.8. The molecule has 1 aliphatic heterocycles. The fourth-order valence-electron chi connectivity index (χ4n) is 1.54. The molecule has 0 N–H and O–H groups in total. The predicted molar refractivity (Wildman–Crippen MR) is 49.3 cm³/mol. The summed E-state index contributed by atoms with van der Waals surface area (Å²) in [6, 6.07) is 2.04. The zero-order chi connectivity index (χ0) is 8.55. The molecule has 66 valence electrons. The van der Waals surface area contributed by atoms with Crippen molar-refractivity contribution in [3.63, 3.8) is 0 Å². The lowest BCUT2D eigenvalue weighted by Crippen LogP contribution is -2.00. The summed E-state index contributed by atoms with van der Waals surface area (Å²) in [5.41, 5.74) is 1.28. The Bertz CT molecular complexity index is 280. The Morgan fingerprint density at radius 2 is 2.42 bits per heavy atom. The third-order valence-electron chi connectivity index (χ3n) is 2.14. The molecule has 1 aromatic rings. The van der Waals surface area contributed by atoms with Crippen LogP contribution in [0.15, 0.2) is 15.2 Å². The molecule has 2 heterocycles. The van der Waals surface area contributed by atoms with E-state index in [-0.39, 0.29) is 0 Å². The van der Waals surface area contributed by atoms with E-state index in [4.69, 9.17) is 9.15 Å². The van der Waals surface area contributed by atoms with Gasteiger partial charge in [0.05, 0.1) is 13.2 Å². The number of hydrogen-bond donors (Lipinski definition) is 0. The van der Waals surface area contributed by atoms with Crippen molar-refractivity contribution in [3.05, 3.63) is 22.1 Å². The van der Waals surface area contributed by atoms with Crippen molar-refractivity contribution in [1.82, 2.24) is 0 Å². The van der Waals surface area contributed by atoms with Gasteiger partial charge in [-0.3, -0.25) is 0 Å². The van der Waals surface area contributed by atoms with Crippen molar-refractivity contribution < 1.29 is 9.15 Å². The topological polar surface area (TPSA) is 22.4 Å². The van der Waals surface area contributed by atoms with Gasteiger partial charge in [0, 0.05) is 5.92 Å². The second-order valence-corrected chi connectivity index (χ2v) is 3.95. The molecule has 1 unspecified atom stereocenters. The molecule has 3 heteroatoms. The second kappa shape index (κ2) is 3.23. The lowest BCUT2D eigenvalue weighted by atomic mass is 10.1. The van der Waals surface area contributed by atoms with Crippen molar-refractivity contribution >= 4 is 15.9 Å². The van der Waals surface area contributed by atoms with E-state index < -0.39 is 0 Å². The van der Waals surface area contributed by atoms with Crippen LogP contribution in [0.25, 0.3) is 0 Å². The van der Waals surface area contributed by atoms with E-state index in [1.54, 1.807) is 0 Å². The maximum Gasteiger partial charge on any atom is 0.169 e. The molecule has 1 aliphatic rings. The fourth-order valence-corrected chi connectivity index (χ4v) is 1.99. The molecular weight excluding hydrogens is 220 g/mol. The van der Waals surface area contributed by atoms with Crippen LogP contribution < -0.4 is 0 Å². The van der Waals surface area contributed by atoms with Gasteiger partial charge in [-0.05, 0) is 34.0 Å². The minimum atomic E-state index is 0.383. The van der Waals surface area contributed by atoms with E-state index in [1.165, 1.54) is 5.56 Å². The van der Waals surface area contributed by atoms with Gasteiger partial charge in [0.25, 0.3) is 0 Å². The van der Waals surface area contributed by atoms with Gasteiger partial charge < -0.3 is 9.15 Å². The van der Waals surface area contributed by atoms with E-state index in [1.807, 2.05) is 6.07 Å². The highest BCUT2D eigenvalue weighted by molar-refractivity contribution is 9.10. The molecule has 1 atom stereocenters. The average Bonchev–Trinajstić information content (AvgIpc) is 2.33. The zero-order valence-corrected chi connectivity index (χ0v) is 8.56. The summed E-state index contributed by atoms with van der Waals surface area (Å²) in [6.45, 7) is 3.70. The Balaban J connectivity index is 2.38. The number of fused-ring (bicyclic) bond motifs is 1. The van der Waals surface area contributed by atoms with E-state index in [2.05, 4.69) is 22.9 Å². The lowest BCUT2D eigenvalue weighted by molar-refractivity contribution is 0.129. The van der Waals surface area contributed by atoms with Gasteiger partial charge in [0.2, 0.25) is 0 Å². The molecule has 0 bridgehead atoms. The Labute approximate surface area is 80.0 Å². The number of hydrogen-bond acceptors (Lipinski definition) is 2. The van der Waals surface area contributed by atoms with Crippen molar-refractivity contribution in [2.24, 2.45) is 0 Å². The molecule has 0 aromatic carbocycles. The minimum Gasteiger partial charge on any atom is -0.454 e. The average molecular weight is 231 g/mol. The summed E-state index contributed by atoms with van der Waals surface area (Å²) in [5, 5.41) is 0. The molecule has 0 spiro atoms. The Morgan fingerprint density at radius 3 is 3.25 bits per heavy atom. The molecular formula is C9H11BrO2. The molecule has 1 aromatic heterocycles. The van der Waals surface area contributed by atoms with Crippen LogP contribution in [0.2, 0.25) is 0 Å². The first kappa shape index (κ1) is 8.32. The normalized spacial score (nSPS) is 23.3. The van der Waals surface area contributed by atoms with Crippen LogP contribution >= 0.6 is 15.9 Å². The van der Waals surface area contributed by atoms with Crippen LogP contribution in [0.1, 0.15) is 24.2 Å². The van der Waals surface area contributed by atoms with Crippen molar-refractivity contribution in [1.29, 1.82) is 0 Å². The van der Waals surface area contributed by atoms with Gasteiger partial charge in [-0.25, -0.2) is 0 Å². The predicted octanol–water partition coefficient (Wildman–Crippen LogP) is 2.72. The summed E-state index contributed by atoms with van der Waals surface area (Å²) in [7, 11) is 0. The van der Waals surface area contributed by atoms with Crippen molar-refractivity contribution in [2.75, 3.05) is 13.2 Å². The van der Waals surface area contributed by atoms with Gasteiger partial charge in [0.15, 0.2) is 4.67 Å². The van der Waals surface area contributed by atoms with Crippen LogP contribution in [0, 0.1) is 0 Å². The maximum absolute atomic E-state index is 5.53. The lowest BCUT2D eigenvalue weighted by Gasteiger charge is -2.04. The standard InChI is InChI=1S/C9H11BrO2/c1-6-5-11-3-2-7-4-8(10)12-9(6)7/h4,6H,2-3,5H2,1H3. The Kier molecular flexibility index (Phi) is 2.24. The molecule has 2 rings (SSSR count). The van der Waals surface area contributed by atoms with E-state index >= 15 is 0 Å². The Hall–Kier alpha value is -0.280. The van der Waals surface area contributed by atoms with Crippen LogP contribution in [-0.4, -0.2) is 13.2 Å². The molecule has 2 nitrogen and oxygen atoms in total. The first-order valence-electron chi connectivity index (χ1n) is 4.13. The van der Waals surface area contributed by atoms with Crippen LogP contribution in [0.3, 0.4) is 0 Å². The van der Waals surface area contributed by atoms with Gasteiger partial charge in [0.1, 0.15) is 5.76 Å². The van der Waals surface area contributed by atoms with Gasteiger partial charge in [-0.2, -0.15) is 0 Å². The third-order valence-corrected chi connectivity index (χ3v) is 2.53. The number of ether oxygens (including phenoxy) is 1. The SMILES string of the molecule is CC1COCCc2cc(Br)oc21. The highest BCUT2D eigenvalue weighted by Gasteiger charge is 2.19. The fraction of sp³-hybridized carbons (Fsp3) is 0.556. The van der Waals surface area contributed by atoms with Gasteiger partial charge >= 0.3 is 0 Å². The monoisotopic (exact) mass is 230 g/mol. The zero-order valence-electron chi connectivity index (χ0n) is 6.97. The second-order valence-electron chi connectivity index (χ2n) is 3.17. The third kappa shape index (κ3) is 1.43. The van der Waals surface area contributed by atoms with E-state index in [0.717, 1.165) is 30.1 Å². The summed E-state index contributed by atoms with van der Waals surface area (Å²) >= 11 is 3.34. The number of furan rings is 1. The first-order chi connectivity index (χ1) is 5.77. The van der Waals surface area contributed by atoms with Crippen molar-refractivity contribution in [3.8, 4) is 0 Å². The molecule has 0 radical (unpaired) electrons. The highest BCUT2D eigenvalue weighted by atomic mass is 79.9. The largest absolute Gasteiger partial charge is 0.454 e. The van der Waals surface area contributed by atoms with E-state index in [9.17, 15) is 0 Å². The van der Waals surface area contributed by atoms with Crippen LogP contribution in [-0.2, 0) is 11.2 Å². The first-order valence-corrected chi connectivity index (χ1v) is 4.92. The molecule has 0 fully saturated rings. The molecule has 0 amide bonds. The number of rotatable bonds is 0. The number of halogens is 1. The molecule has 0 aliphatic carbocycles. The van der Waals surface area contributed by atoms with Gasteiger partial charge in [-0.1, -0.05) is 6.92 Å². The van der Waals surface area contributed by atoms with Crippen LogP contribution in [0.4, 0.5) is 0 Å².